The topological polar surface area (TPSA) is 104 Å². The molecule has 23 heavy (non-hydrogen) atoms. The SMILES string of the molecule is Cc1cc(N(C)CCOS(=O)(=O)O)ccc1N=Nc1nccs1. The van der Waals surface area contributed by atoms with Crippen LogP contribution in [0.4, 0.5) is 16.5 Å². The van der Waals surface area contributed by atoms with Gasteiger partial charge in [-0.1, -0.05) is 0 Å². The summed E-state index contributed by atoms with van der Waals surface area (Å²) in [6, 6.07) is 5.57. The fourth-order valence-corrected chi connectivity index (χ4v) is 2.50. The average molecular weight is 356 g/mol. The van der Waals surface area contributed by atoms with Gasteiger partial charge in [0.1, 0.15) is 0 Å². The molecule has 124 valence electrons. The molecule has 0 aliphatic rings. The molecule has 2 aromatic rings. The van der Waals surface area contributed by atoms with Gasteiger partial charge in [0.05, 0.1) is 12.3 Å². The molecule has 0 atom stereocenters. The second-order valence-corrected chi connectivity index (χ2v) is 6.62. The summed E-state index contributed by atoms with van der Waals surface area (Å²) in [7, 11) is -2.61. The number of hydrogen-bond acceptors (Lipinski definition) is 8. The highest BCUT2D eigenvalue weighted by molar-refractivity contribution is 7.80. The molecule has 0 saturated heterocycles. The van der Waals surface area contributed by atoms with Crippen molar-refractivity contribution in [2.75, 3.05) is 25.1 Å². The Morgan fingerprint density at radius 2 is 2.17 bits per heavy atom. The Labute approximate surface area is 138 Å². The Morgan fingerprint density at radius 1 is 1.39 bits per heavy atom. The zero-order valence-electron chi connectivity index (χ0n) is 12.6. The Balaban J connectivity index is 2.00. The number of likely N-dealkylation sites (N-methyl/N-ethyl adjacent to an activating group) is 1. The largest absolute Gasteiger partial charge is 0.397 e. The number of anilines is 1. The molecule has 0 spiro atoms. The van der Waals surface area contributed by atoms with Crippen LogP contribution < -0.4 is 4.90 Å². The van der Waals surface area contributed by atoms with Crippen LogP contribution in [0.5, 0.6) is 0 Å². The van der Waals surface area contributed by atoms with Crippen molar-refractivity contribution in [3.8, 4) is 0 Å². The summed E-state index contributed by atoms with van der Waals surface area (Å²) in [5.41, 5.74) is 2.52. The van der Waals surface area contributed by atoms with Crippen LogP contribution in [-0.4, -0.2) is 38.2 Å². The Morgan fingerprint density at radius 3 is 2.78 bits per heavy atom. The lowest BCUT2D eigenvalue weighted by Gasteiger charge is -2.19. The lowest BCUT2D eigenvalue weighted by Crippen LogP contribution is -2.23. The van der Waals surface area contributed by atoms with Crippen molar-refractivity contribution < 1.29 is 17.2 Å². The molecule has 1 aromatic heterocycles. The molecule has 2 rings (SSSR count). The summed E-state index contributed by atoms with van der Waals surface area (Å²) >= 11 is 1.40. The van der Waals surface area contributed by atoms with E-state index in [1.54, 1.807) is 18.1 Å². The van der Waals surface area contributed by atoms with Crippen molar-refractivity contribution in [3.63, 3.8) is 0 Å². The minimum absolute atomic E-state index is 0.139. The smallest absolute Gasteiger partial charge is 0.372 e. The first-order valence-corrected chi connectivity index (χ1v) is 8.84. The standard InChI is InChI=1S/C13H16N4O4S2/c1-10-9-11(17(2)6-7-21-23(18,19)20)3-4-12(10)15-16-13-14-5-8-22-13/h3-5,8-9H,6-7H2,1-2H3,(H,18,19,20). The maximum Gasteiger partial charge on any atom is 0.397 e. The van der Waals surface area contributed by atoms with E-state index in [-0.39, 0.29) is 6.61 Å². The van der Waals surface area contributed by atoms with Gasteiger partial charge in [0.15, 0.2) is 0 Å². The summed E-state index contributed by atoms with van der Waals surface area (Å²) in [5.74, 6) is 0. The number of azo groups is 1. The minimum atomic E-state index is -4.40. The third-order valence-corrected chi connectivity index (χ3v) is 4.06. The van der Waals surface area contributed by atoms with Crippen molar-refractivity contribution in [2.45, 2.75) is 6.92 Å². The molecule has 0 amide bonds. The molecule has 1 N–H and O–H groups in total. The van der Waals surface area contributed by atoms with Gasteiger partial charge < -0.3 is 4.90 Å². The Hall–Kier alpha value is -1.88. The van der Waals surface area contributed by atoms with E-state index in [1.807, 2.05) is 30.5 Å². The van der Waals surface area contributed by atoms with E-state index in [9.17, 15) is 8.42 Å². The van der Waals surface area contributed by atoms with Gasteiger partial charge in [-0.25, -0.2) is 9.17 Å². The summed E-state index contributed by atoms with van der Waals surface area (Å²) in [4.78, 5) is 5.83. The molecule has 0 saturated carbocycles. The van der Waals surface area contributed by atoms with Crippen molar-refractivity contribution in [1.29, 1.82) is 0 Å². The first kappa shape index (κ1) is 17.5. The summed E-state index contributed by atoms with van der Waals surface area (Å²) in [6.45, 7) is 2.07. The second-order valence-electron chi connectivity index (χ2n) is 4.66. The molecule has 0 bridgehead atoms. The van der Waals surface area contributed by atoms with Crippen LogP contribution >= 0.6 is 11.3 Å². The maximum absolute atomic E-state index is 10.5. The molecular weight excluding hydrogens is 340 g/mol. The number of nitrogens with zero attached hydrogens (tertiary/aromatic N) is 4. The van der Waals surface area contributed by atoms with Gasteiger partial charge >= 0.3 is 10.4 Å². The lowest BCUT2D eigenvalue weighted by molar-refractivity contribution is 0.274. The van der Waals surface area contributed by atoms with Crippen molar-refractivity contribution in [1.82, 2.24) is 4.98 Å². The molecule has 8 nitrogen and oxygen atoms in total. The molecular formula is C13H16N4O4S2. The first-order valence-electron chi connectivity index (χ1n) is 6.60. The Bertz CT molecular complexity index is 775. The van der Waals surface area contributed by atoms with Crippen molar-refractivity contribution >= 4 is 38.2 Å². The molecule has 0 aliphatic carbocycles. The van der Waals surface area contributed by atoms with Gasteiger partial charge in [-0.2, -0.15) is 8.42 Å². The number of thiazole rings is 1. The number of aryl methyl sites for hydroxylation is 1. The zero-order chi connectivity index (χ0) is 16.9. The number of rotatable bonds is 7. The van der Waals surface area contributed by atoms with Crippen LogP contribution in [0, 0.1) is 6.92 Å². The molecule has 0 aliphatic heterocycles. The summed E-state index contributed by atoms with van der Waals surface area (Å²) in [6.07, 6.45) is 1.67. The monoisotopic (exact) mass is 356 g/mol. The molecule has 0 radical (unpaired) electrons. The Kier molecular flexibility index (Phi) is 5.77. The van der Waals surface area contributed by atoms with Gasteiger partial charge in [-0.15, -0.1) is 21.6 Å². The predicted octanol–water partition coefficient (Wildman–Crippen LogP) is 3.12. The summed E-state index contributed by atoms with van der Waals surface area (Å²) < 4.78 is 33.8. The molecule has 1 heterocycles. The highest BCUT2D eigenvalue weighted by Crippen LogP contribution is 2.26. The quantitative estimate of drug-likeness (QED) is 0.604. The van der Waals surface area contributed by atoms with E-state index in [0.717, 1.165) is 16.9 Å². The normalized spacial score (nSPS) is 12.0. The van der Waals surface area contributed by atoms with E-state index in [4.69, 9.17) is 4.55 Å². The van der Waals surface area contributed by atoms with Gasteiger partial charge in [0.25, 0.3) is 0 Å². The van der Waals surface area contributed by atoms with Crippen LogP contribution in [0.1, 0.15) is 5.56 Å². The average Bonchev–Trinajstić information content (AvgIpc) is 2.97. The maximum atomic E-state index is 10.5. The van der Waals surface area contributed by atoms with Crippen LogP contribution in [0.2, 0.25) is 0 Å². The fraction of sp³-hybridized carbons (Fsp3) is 0.308. The second kappa shape index (κ2) is 7.59. The fourth-order valence-electron chi connectivity index (χ4n) is 1.76. The van der Waals surface area contributed by atoms with E-state index < -0.39 is 10.4 Å². The number of hydrogen-bond donors (Lipinski definition) is 1. The highest BCUT2D eigenvalue weighted by atomic mass is 32.3. The molecule has 10 heteroatoms. The van der Waals surface area contributed by atoms with Gasteiger partial charge in [0, 0.05) is 30.9 Å². The first-order chi connectivity index (χ1) is 10.8. The van der Waals surface area contributed by atoms with Crippen molar-refractivity contribution in [2.24, 2.45) is 10.2 Å². The third-order valence-electron chi connectivity index (χ3n) is 2.94. The van der Waals surface area contributed by atoms with Crippen LogP contribution in [0.25, 0.3) is 0 Å². The van der Waals surface area contributed by atoms with E-state index in [1.165, 1.54) is 11.3 Å². The minimum Gasteiger partial charge on any atom is -0.372 e. The van der Waals surface area contributed by atoms with Gasteiger partial charge in [-0.05, 0) is 30.7 Å². The molecule has 0 unspecified atom stereocenters. The number of benzene rings is 1. The zero-order valence-corrected chi connectivity index (χ0v) is 14.2. The van der Waals surface area contributed by atoms with Gasteiger partial charge in [0.2, 0.25) is 5.13 Å². The molecule has 0 fully saturated rings. The summed E-state index contributed by atoms with van der Waals surface area (Å²) in [5, 5.41) is 10.6. The van der Waals surface area contributed by atoms with E-state index in [2.05, 4.69) is 19.4 Å². The number of aromatic nitrogens is 1. The van der Waals surface area contributed by atoms with E-state index >= 15 is 0 Å². The van der Waals surface area contributed by atoms with Crippen LogP contribution in [0.15, 0.2) is 40.0 Å². The van der Waals surface area contributed by atoms with Crippen LogP contribution in [0.3, 0.4) is 0 Å². The van der Waals surface area contributed by atoms with Gasteiger partial charge in [-0.3, -0.25) is 4.55 Å². The highest BCUT2D eigenvalue weighted by Gasteiger charge is 2.08. The molecule has 1 aromatic carbocycles. The van der Waals surface area contributed by atoms with Crippen molar-refractivity contribution in [3.05, 3.63) is 35.3 Å². The van der Waals surface area contributed by atoms with E-state index in [0.29, 0.717) is 11.7 Å². The predicted molar refractivity (Wildman–Crippen MR) is 88.2 cm³/mol. The lowest BCUT2D eigenvalue weighted by atomic mass is 10.1. The third kappa shape index (κ3) is 5.67. The van der Waals surface area contributed by atoms with Crippen LogP contribution in [-0.2, 0) is 14.6 Å².